The van der Waals surface area contributed by atoms with E-state index in [1.165, 1.54) is 0 Å². The van der Waals surface area contributed by atoms with Crippen LogP contribution in [0.5, 0.6) is 0 Å². The second-order valence-electron chi connectivity index (χ2n) is 5.83. The third-order valence-corrected chi connectivity index (χ3v) is 3.20. The first-order valence-corrected chi connectivity index (χ1v) is 6.35. The van der Waals surface area contributed by atoms with Crippen LogP contribution in [-0.4, -0.2) is 18.5 Å². The fourth-order valence-electron chi connectivity index (χ4n) is 1.95. The molecule has 0 aromatic carbocycles. The van der Waals surface area contributed by atoms with Crippen LogP contribution in [0.4, 0.5) is 13.2 Å². The van der Waals surface area contributed by atoms with E-state index in [-0.39, 0.29) is 23.5 Å². The monoisotopic (exact) mass is 267 g/mol. The molecule has 0 rings (SSSR count). The molecular formula is C13H24F3NO. The number of Topliss-reactive ketones (excluding diaryl/α,β-unsaturated/α-hetero) is 1. The van der Waals surface area contributed by atoms with Crippen LogP contribution in [0.1, 0.15) is 52.9 Å². The molecule has 0 saturated heterocycles. The smallest absolute Gasteiger partial charge is 0.330 e. The highest BCUT2D eigenvalue weighted by Crippen LogP contribution is 2.32. The van der Waals surface area contributed by atoms with Crippen LogP contribution >= 0.6 is 0 Å². The molecule has 0 aliphatic rings. The Morgan fingerprint density at radius 2 is 1.67 bits per heavy atom. The molecule has 2 nitrogen and oxygen atoms in total. The average Bonchev–Trinajstić information content (AvgIpc) is 2.18. The zero-order valence-corrected chi connectivity index (χ0v) is 11.4. The Hall–Kier alpha value is -0.580. The summed E-state index contributed by atoms with van der Waals surface area (Å²) in [7, 11) is 0. The number of carbonyl (C=O) groups excluding carboxylic acids is 1. The van der Waals surface area contributed by atoms with Crippen molar-refractivity contribution in [2.75, 3.05) is 6.54 Å². The van der Waals surface area contributed by atoms with Crippen LogP contribution in [0, 0.1) is 11.3 Å². The molecule has 108 valence electrons. The van der Waals surface area contributed by atoms with Crippen LogP contribution < -0.4 is 5.73 Å². The third-order valence-electron chi connectivity index (χ3n) is 3.20. The molecule has 2 N–H and O–H groups in total. The lowest BCUT2D eigenvalue weighted by Crippen LogP contribution is -2.24. The van der Waals surface area contributed by atoms with E-state index in [9.17, 15) is 18.0 Å². The quantitative estimate of drug-likeness (QED) is 0.764. The minimum absolute atomic E-state index is 0.0314. The molecule has 0 aliphatic heterocycles. The van der Waals surface area contributed by atoms with E-state index in [4.69, 9.17) is 5.73 Å². The Bertz CT molecular complexity index is 256. The van der Waals surface area contributed by atoms with Gasteiger partial charge in [-0.05, 0) is 30.7 Å². The number of ketones is 1. The van der Waals surface area contributed by atoms with Crippen molar-refractivity contribution in [2.24, 2.45) is 17.1 Å². The first kappa shape index (κ1) is 17.4. The lowest BCUT2D eigenvalue weighted by molar-refractivity contribution is -0.143. The Labute approximate surface area is 107 Å². The van der Waals surface area contributed by atoms with Crippen molar-refractivity contribution in [3.8, 4) is 0 Å². The molecule has 0 heterocycles. The van der Waals surface area contributed by atoms with E-state index >= 15 is 0 Å². The van der Waals surface area contributed by atoms with Crippen molar-refractivity contribution in [3.05, 3.63) is 0 Å². The van der Waals surface area contributed by atoms with Crippen molar-refractivity contribution >= 4 is 5.78 Å². The van der Waals surface area contributed by atoms with Crippen LogP contribution in [0.3, 0.4) is 0 Å². The Kier molecular flexibility index (Phi) is 6.89. The van der Waals surface area contributed by atoms with E-state index in [0.717, 1.165) is 6.42 Å². The minimum atomic E-state index is -4.24. The fraction of sp³-hybridized carbons (Fsp3) is 0.923. The molecule has 0 spiro atoms. The van der Waals surface area contributed by atoms with Gasteiger partial charge in [-0.15, -0.1) is 0 Å². The third kappa shape index (κ3) is 8.50. The van der Waals surface area contributed by atoms with Crippen LogP contribution in [0.15, 0.2) is 0 Å². The molecule has 0 bridgehead atoms. The van der Waals surface area contributed by atoms with E-state index in [0.29, 0.717) is 13.0 Å². The molecule has 18 heavy (non-hydrogen) atoms. The van der Waals surface area contributed by atoms with E-state index < -0.39 is 19.0 Å². The van der Waals surface area contributed by atoms with E-state index in [1.54, 1.807) is 0 Å². The lowest BCUT2D eigenvalue weighted by Gasteiger charge is -2.30. The van der Waals surface area contributed by atoms with Crippen LogP contribution in [0.2, 0.25) is 0 Å². The largest absolute Gasteiger partial charge is 0.389 e. The first-order chi connectivity index (χ1) is 8.06. The van der Waals surface area contributed by atoms with Gasteiger partial charge in [0.1, 0.15) is 5.78 Å². The van der Waals surface area contributed by atoms with Gasteiger partial charge < -0.3 is 5.73 Å². The number of alkyl halides is 3. The number of rotatable bonds is 7. The maximum atomic E-state index is 12.0. The van der Waals surface area contributed by atoms with Gasteiger partial charge in [-0.3, -0.25) is 4.79 Å². The standard InChI is InChI=1S/C13H24F3NO/c1-12(2,3)10(7-9-17)4-5-11(18)6-8-13(14,15)16/h10H,4-9,17H2,1-3H3. The van der Waals surface area contributed by atoms with Crippen molar-refractivity contribution in [2.45, 2.75) is 59.1 Å². The van der Waals surface area contributed by atoms with E-state index in [1.807, 2.05) is 0 Å². The molecule has 0 aromatic rings. The second-order valence-corrected chi connectivity index (χ2v) is 5.83. The number of nitrogens with two attached hydrogens (primary N) is 1. The summed E-state index contributed by atoms with van der Waals surface area (Å²) in [6.07, 6.45) is -4.01. The zero-order valence-electron chi connectivity index (χ0n) is 11.4. The predicted octanol–water partition coefficient (Wildman–Crippen LogP) is 3.69. The summed E-state index contributed by atoms with van der Waals surface area (Å²) in [5, 5.41) is 0. The molecular weight excluding hydrogens is 243 g/mol. The van der Waals surface area contributed by atoms with Gasteiger partial charge in [-0.25, -0.2) is 0 Å². The molecule has 0 radical (unpaired) electrons. The fourth-order valence-corrected chi connectivity index (χ4v) is 1.95. The molecule has 5 heteroatoms. The topological polar surface area (TPSA) is 43.1 Å². The molecule has 0 saturated carbocycles. The van der Waals surface area contributed by atoms with Gasteiger partial charge in [0, 0.05) is 12.8 Å². The molecule has 0 amide bonds. The number of carbonyl (C=O) groups is 1. The van der Waals surface area contributed by atoms with Crippen molar-refractivity contribution in [3.63, 3.8) is 0 Å². The summed E-state index contributed by atoms with van der Waals surface area (Å²) < 4.78 is 35.9. The highest BCUT2D eigenvalue weighted by molar-refractivity contribution is 5.78. The summed E-state index contributed by atoms with van der Waals surface area (Å²) in [4.78, 5) is 11.4. The van der Waals surface area contributed by atoms with Crippen molar-refractivity contribution in [1.82, 2.24) is 0 Å². The minimum Gasteiger partial charge on any atom is -0.330 e. The van der Waals surface area contributed by atoms with Crippen LogP contribution in [-0.2, 0) is 4.79 Å². The molecule has 0 aromatic heterocycles. The zero-order chi connectivity index (χ0) is 14.4. The van der Waals surface area contributed by atoms with Crippen LogP contribution in [0.25, 0.3) is 0 Å². The predicted molar refractivity (Wildman–Crippen MR) is 66.1 cm³/mol. The number of hydrogen-bond donors (Lipinski definition) is 1. The maximum Gasteiger partial charge on any atom is 0.389 e. The Balaban J connectivity index is 4.08. The molecule has 1 atom stereocenters. The number of hydrogen-bond acceptors (Lipinski definition) is 2. The maximum absolute atomic E-state index is 12.0. The van der Waals surface area contributed by atoms with E-state index in [2.05, 4.69) is 20.8 Å². The lowest BCUT2D eigenvalue weighted by atomic mass is 9.76. The van der Waals surface area contributed by atoms with Gasteiger partial charge in [0.25, 0.3) is 0 Å². The van der Waals surface area contributed by atoms with Gasteiger partial charge in [-0.1, -0.05) is 20.8 Å². The second kappa shape index (κ2) is 7.12. The Morgan fingerprint density at radius 3 is 2.06 bits per heavy atom. The highest BCUT2D eigenvalue weighted by atomic mass is 19.4. The molecule has 1 unspecified atom stereocenters. The molecule has 0 aliphatic carbocycles. The van der Waals surface area contributed by atoms with Gasteiger partial charge >= 0.3 is 6.18 Å². The van der Waals surface area contributed by atoms with Gasteiger partial charge in [0.15, 0.2) is 0 Å². The van der Waals surface area contributed by atoms with Gasteiger partial charge in [0.05, 0.1) is 6.42 Å². The highest BCUT2D eigenvalue weighted by Gasteiger charge is 2.28. The van der Waals surface area contributed by atoms with Crippen molar-refractivity contribution in [1.29, 1.82) is 0 Å². The Morgan fingerprint density at radius 1 is 1.11 bits per heavy atom. The summed E-state index contributed by atoms with van der Waals surface area (Å²) >= 11 is 0. The summed E-state index contributed by atoms with van der Waals surface area (Å²) in [6, 6.07) is 0. The van der Waals surface area contributed by atoms with Crippen molar-refractivity contribution < 1.29 is 18.0 Å². The summed E-state index contributed by atoms with van der Waals surface area (Å²) in [6.45, 7) is 6.73. The molecule has 0 fully saturated rings. The normalized spacial score (nSPS) is 14.6. The summed E-state index contributed by atoms with van der Waals surface area (Å²) in [5.74, 6) is -0.0315. The summed E-state index contributed by atoms with van der Waals surface area (Å²) in [5.41, 5.74) is 5.55. The van der Waals surface area contributed by atoms with Gasteiger partial charge in [0.2, 0.25) is 0 Å². The first-order valence-electron chi connectivity index (χ1n) is 6.35. The SMILES string of the molecule is CC(C)(C)C(CCN)CCC(=O)CCC(F)(F)F. The average molecular weight is 267 g/mol. The van der Waals surface area contributed by atoms with Gasteiger partial charge in [-0.2, -0.15) is 13.2 Å². The number of halogens is 3.